The van der Waals surface area contributed by atoms with Crippen LogP contribution in [0.3, 0.4) is 0 Å². The molecular weight excluding hydrogens is 428 g/mol. The zero-order valence-corrected chi connectivity index (χ0v) is 20.2. The van der Waals surface area contributed by atoms with Crippen molar-refractivity contribution in [3.05, 3.63) is 114 Å². The summed E-state index contributed by atoms with van der Waals surface area (Å²) in [6, 6.07) is 31.8. The monoisotopic (exact) mass is 456 g/mol. The molecular formula is C29H28O3S. The minimum absolute atomic E-state index is 0.165. The molecule has 0 spiro atoms. The summed E-state index contributed by atoms with van der Waals surface area (Å²) < 4.78 is 29.1. The predicted octanol–water partition coefficient (Wildman–Crippen LogP) is 7.18. The van der Waals surface area contributed by atoms with Crippen LogP contribution in [-0.2, 0) is 15.3 Å². The van der Waals surface area contributed by atoms with Gasteiger partial charge in [0.15, 0.2) is 9.84 Å². The van der Waals surface area contributed by atoms with Crippen LogP contribution >= 0.6 is 0 Å². The Morgan fingerprint density at radius 1 is 0.606 bits per heavy atom. The van der Waals surface area contributed by atoms with E-state index in [2.05, 4.69) is 81.4 Å². The number of benzene rings is 4. The Hall–Kier alpha value is -3.37. The Morgan fingerprint density at radius 2 is 1.00 bits per heavy atom. The summed E-state index contributed by atoms with van der Waals surface area (Å²) in [4.78, 5) is 0.278. The van der Waals surface area contributed by atoms with Gasteiger partial charge in [-0.05, 0) is 65.6 Å². The molecule has 0 saturated carbocycles. The van der Waals surface area contributed by atoms with E-state index < -0.39 is 9.84 Å². The number of hydrogen-bond donors (Lipinski definition) is 0. The molecule has 0 aliphatic carbocycles. The lowest BCUT2D eigenvalue weighted by molar-refractivity contribution is 0.481. The number of sulfone groups is 1. The van der Waals surface area contributed by atoms with E-state index in [0.717, 1.165) is 0 Å². The van der Waals surface area contributed by atoms with Crippen molar-refractivity contribution in [1.82, 2.24) is 0 Å². The van der Waals surface area contributed by atoms with Crippen molar-refractivity contribution in [2.24, 2.45) is 0 Å². The Bertz CT molecular complexity index is 1330. The summed E-state index contributed by atoms with van der Waals surface area (Å²) in [5, 5.41) is 0. The average Bonchev–Trinajstić information content (AvgIpc) is 2.80. The fraction of sp³-hybridized carbons (Fsp3) is 0.172. The summed E-state index contributed by atoms with van der Waals surface area (Å²) in [5.41, 5.74) is 5.95. The standard InChI is InChI=1S/C29H28O3S/c1-21-5-7-22(8-6-21)23-9-11-24(12-10-23)29(2,3)25-13-15-26(16-14-25)32-27-17-19-28(20-18-27)33(4,30)31/h5-20H,1-4H3. The lowest BCUT2D eigenvalue weighted by atomic mass is 9.78. The van der Waals surface area contributed by atoms with E-state index >= 15 is 0 Å². The first kappa shape index (κ1) is 22.8. The molecule has 0 radical (unpaired) electrons. The SMILES string of the molecule is Cc1ccc(-c2ccc(C(C)(C)c3ccc(Oc4ccc(S(C)(=O)=O)cc4)cc3)cc2)cc1. The van der Waals surface area contributed by atoms with Gasteiger partial charge in [0.2, 0.25) is 0 Å². The maximum atomic E-state index is 11.6. The molecule has 0 heterocycles. The van der Waals surface area contributed by atoms with E-state index in [9.17, 15) is 8.42 Å². The van der Waals surface area contributed by atoms with Gasteiger partial charge in [0.05, 0.1) is 4.90 Å². The third-order valence-corrected chi connectivity index (χ3v) is 7.18. The molecule has 4 aromatic rings. The molecule has 0 unspecified atom stereocenters. The van der Waals surface area contributed by atoms with Crippen molar-refractivity contribution in [3.8, 4) is 22.6 Å². The zero-order chi connectivity index (χ0) is 23.6. The molecule has 4 rings (SSSR count). The quantitative estimate of drug-likeness (QED) is 0.308. The first-order valence-corrected chi connectivity index (χ1v) is 12.8. The Kier molecular flexibility index (Phi) is 6.13. The minimum atomic E-state index is -3.22. The van der Waals surface area contributed by atoms with Gasteiger partial charge >= 0.3 is 0 Å². The van der Waals surface area contributed by atoms with Gasteiger partial charge in [0.25, 0.3) is 0 Å². The molecule has 0 saturated heterocycles. The normalized spacial score (nSPS) is 11.9. The third kappa shape index (κ3) is 5.18. The van der Waals surface area contributed by atoms with Crippen molar-refractivity contribution >= 4 is 9.84 Å². The molecule has 0 amide bonds. The predicted molar refractivity (Wildman–Crippen MR) is 135 cm³/mol. The maximum absolute atomic E-state index is 11.6. The summed E-state index contributed by atoms with van der Waals surface area (Å²) in [6.45, 7) is 6.53. The van der Waals surface area contributed by atoms with Gasteiger partial charge in [-0.2, -0.15) is 0 Å². The first-order valence-electron chi connectivity index (χ1n) is 10.9. The highest BCUT2D eigenvalue weighted by Gasteiger charge is 2.23. The average molecular weight is 457 g/mol. The van der Waals surface area contributed by atoms with E-state index in [1.807, 2.05) is 12.1 Å². The van der Waals surface area contributed by atoms with Crippen molar-refractivity contribution in [2.45, 2.75) is 31.1 Å². The van der Waals surface area contributed by atoms with E-state index in [4.69, 9.17) is 4.74 Å². The van der Waals surface area contributed by atoms with Gasteiger partial charge in [-0.25, -0.2) is 8.42 Å². The molecule has 0 aliphatic heterocycles. The summed E-state index contributed by atoms with van der Waals surface area (Å²) in [5.74, 6) is 1.30. The second kappa shape index (κ2) is 8.87. The summed E-state index contributed by atoms with van der Waals surface area (Å²) in [6.07, 6.45) is 1.19. The Labute approximate surface area is 196 Å². The molecule has 0 N–H and O–H groups in total. The largest absolute Gasteiger partial charge is 0.457 e. The van der Waals surface area contributed by atoms with Crippen LogP contribution in [0.5, 0.6) is 11.5 Å². The fourth-order valence-corrected chi connectivity index (χ4v) is 4.45. The summed E-state index contributed by atoms with van der Waals surface area (Å²) >= 11 is 0. The Morgan fingerprint density at radius 3 is 1.45 bits per heavy atom. The number of ether oxygens (including phenoxy) is 1. The Balaban J connectivity index is 1.50. The lowest BCUT2D eigenvalue weighted by Crippen LogP contribution is -2.18. The molecule has 3 nitrogen and oxygen atoms in total. The molecule has 4 aromatic carbocycles. The van der Waals surface area contributed by atoms with E-state index in [1.54, 1.807) is 24.3 Å². The van der Waals surface area contributed by atoms with Gasteiger partial charge in [0.1, 0.15) is 11.5 Å². The van der Waals surface area contributed by atoms with Crippen LogP contribution in [0.2, 0.25) is 0 Å². The molecule has 0 atom stereocenters. The molecule has 0 aromatic heterocycles. The highest BCUT2D eigenvalue weighted by molar-refractivity contribution is 7.90. The van der Waals surface area contributed by atoms with Crippen molar-refractivity contribution in [1.29, 1.82) is 0 Å². The van der Waals surface area contributed by atoms with Crippen LogP contribution in [0.15, 0.2) is 102 Å². The van der Waals surface area contributed by atoms with Crippen LogP contribution in [0.4, 0.5) is 0 Å². The molecule has 0 aliphatic rings. The number of hydrogen-bond acceptors (Lipinski definition) is 3. The topological polar surface area (TPSA) is 43.4 Å². The molecule has 33 heavy (non-hydrogen) atoms. The number of aryl methyl sites for hydroxylation is 1. The zero-order valence-electron chi connectivity index (χ0n) is 19.4. The highest BCUT2D eigenvalue weighted by Crippen LogP contribution is 2.34. The molecule has 4 heteroatoms. The van der Waals surface area contributed by atoms with Gasteiger partial charge < -0.3 is 4.74 Å². The van der Waals surface area contributed by atoms with E-state index in [1.165, 1.54) is 34.1 Å². The minimum Gasteiger partial charge on any atom is -0.457 e. The molecule has 0 bridgehead atoms. The van der Waals surface area contributed by atoms with Crippen LogP contribution < -0.4 is 4.74 Å². The van der Waals surface area contributed by atoms with E-state index in [0.29, 0.717) is 11.5 Å². The fourth-order valence-electron chi connectivity index (χ4n) is 3.82. The van der Waals surface area contributed by atoms with Crippen molar-refractivity contribution < 1.29 is 13.2 Å². The second-order valence-corrected chi connectivity index (χ2v) is 11.0. The van der Waals surface area contributed by atoms with Gasteiger partial charge in [-0.15, -0.1) is 0 Å². The highest BCUT2D eigenvalue weighted by atomic mass is 32.2. The summed E-state index contributed by atoms with van der Waals surface area (Å²) in [7, 11) is -3.22. The second-order valence-electron chi connectivity index (χ2n) is 8.94. The smallest absolute Gasteiger partial charge is 0.175 e. The van der Waals surface area contributed by atoms with Crippen LogP contribution in [0.1, 0.15) is 30.5 Å². The van der Waals surface area contributed by atoms with Crippen molar-refractivity contribution in [2.75, 3.05) is 6.26 Å². The third-order valence-electron chi connectivity index (χ3n) is 6.06. The van der Waals surface area contributed by atoms with E-state index in [-0.39, 0.29) is 10.3 Å². The molecule has 168 valence electrons. The lowest BCUT2D eigenvalue weighted by Gasteiger charge is -2.26. The van der Waals surface area contributed by atoms with Crippen molar-refractivity contribution in [3.63, 3.8) is 0 Å². The van der Waals surface area contributed by atoms with Crippen LogP contribution in [0, 0.1) is 6.92 Å². The van der Waals surface area contributed by atoms with Gasteiger partial charge in [-0.1, -0.05) is 80.1 Å². The van der Waals surface area contributed by atoms with Crippen LogP contribution in [-0.4, -0.2) is 14.7 Å². The first-order chi connectivity index (χ1) is 15.6. The number of rotatable bonds is 6. The molecule has 0 fully saturated rings. The van der Waals surface area contributed by atoms with Gasteiger partial charge in [0, 0.05) is 11.7 Å². The van der Waals surface area contributed by atoms with Gasteiger partial charge in [-0.3, -0.25) is 0 Å². The van der Waals surface area contributed by atoms with Crippen LogP contribution in [0.25, 0.3) is 11.1 Å². The maximum Gasteiger partial charge on any atom is 0.175 e.